The summed E-state index contributed by atoms with van der Waals surface area (Å²) in [6.45, 7) is 3.46. The van der Waals surface area contributed by atoms with Crippen molar-refractivity contribution in [2.75, 3.05) is 20.5 Å². The highest BCUT2D eigenvalue weighted by atomic mass is 16.7. The number of carbonyl (C=O) groups is 1. The number of unbranched alkanes of at least 4 members (excludes halogenated alkanes) is 3. The third-order valence-corrected chi connectivity index (χ3v) is 4.57. The van der Waals surface area contributed by atoms with Crippen LogP contribution in [0.2, 0.25) is 0 Å². The summed E-state index contributed by atoms with van der Waals surface area (Å²) in [5, 5.41) is 2.91. The number of carbonyl (C=O) groups excluding carboxylic acids is 1. The molecule has 6 nitrogen and oxygen atoms in total. The van der Waals surface area contributed by atoms with E-state index in [1.54, 1.807) is 25.3 Å². The molecule has 0 saturated heterocycles. The molecule has 6 heteroatoms. The first-order valence-electron chi connectivity index (χ1n) is 9.69. The van der Waals surface area contributed by atoms with Crippen molar-refractivity contribution < 1.29 is 23.7 Å². The number of rotatable bonds is 10. The molecule has 0 saturated carbocycles. The first-order chi connectivity index (χ1) is 13.7. The fourth-order valence-corrected chi connectivity index (χ4v) is 2.97. The molecule has 0 radical (unpaired) electrons. The molecule has 1 amide bonds. The molecule has 0 atom stereocenters. The van der Waals surface area contributed by atoms with Gasteiger partial charge in [-0.1, -0.05) is 32.3 Å². The Bertz CT molecular complexity index is 806. The van der Waals surface area contributed by atoms with Crippen LogP contribution in [-0.2, 0) is 6.54 Å². The second kappa shape index (κ2) is 9.88. The number of ether oxygens (including phenoxy) is 4. The van der Waals surface area contributed by atoms with Gasteiger partial charge in [0.05, 0.1) is 13.7 Å². The van der Waals surface area contributed by atoms with Crippen molar-refractivity contribution >= 4 is 5.91 Å². The number of nitrogens with one attached hydrogen (secondary N) is 1. The SMILES string of the molecule is CCCCCCOc1ccc(C(=O)NCc2ccc3c(c2)OCO3)cc1OC. The molecule has 0 aromatic heterocycles. The Morgan fingerprint density at radius 1 is 1.04 bits per heavy atom. The third-order valence-electron chi connectivity index (χ3n) is 4.57. The second-order valence-corrected chi connectivity index (χ2v) is 6.65. The fraction of sp³-hybridized carbons (Fsp3) is 0.409. The predicted octanol–water partition coefficient (Wildman–Crippen LogP) is 4.31. The molecule has 0 aliphatic carbocycles. The van der Waals surface area contributed by atoms with Gasteiger partial charge in [-0.3, -0.25) is 4.79 Å². The normalized spacial score (nSPS) is 11.9. The first kappa shape index (κ1) is 19.9. The molecule has 2 aromatic rings. The summed E-state index contributed by atoms with van der Waals surface area (Å²) in [4.78, 5) is 12.5. The van der Waals surface area contributed by atoms with Crippen molar-refractivity contribution in [3.63, 3.8) is 0 Å². The Balaban J connectivity index is 1.55. The Kier molecular flexibility index (Phi) is 7.00. The van der Waals surface area contributed by atoms with Gasteiger partial charge in [0.25, 0.3) is 5.91 Å². The molecule has 3 rings (SSSR count). The van der Waals surface area contributed by atoms with Crippen molar-refractivity contribution in [2.24, 2.45) is 0 Å². The van der Waals surface area contributed by atoms with Gasteiger partial charge in [0, 0.05) is 12.1 Å². The van der Waals surface area contributed by atoms with E-state index in [2.05, 4.69) is 12.2 Å². The number of methoxy groups -OCH3 is 1. The van der Waals surface area contributed by atoms with E-state index in [4.69, 9.17) is 18.9 Å². The number of fused-ring (bicyclic) bond motifs is 1. The van der Waals surface area contributed by atoms with E-state index in [0.29, 0.717) is 36.0 Å². The van der Waals surface area contributed by atoms with Crippen molar-refractivity contribution in [3.05, 3.63) is 47.5 Å². The smallest absolute Gasteiger partial charge is 0.251 e. The van der Waals surface area contributed by atoms with Crippen LogP contribution in [0.1, 0.15) is 48.5 Å². The standard InChI is InChI=1S/C22H27NO5/c1-3-4-5-6-11-26-18-10-8-17(13-20(18)25-2)22(24)23-14-16-7-9-19-21(12-16)28-15-27-19/h7-10,12-13H,3-6,11,14-15H2,1-2H3,(H,23,24). The molecular formula is C22H27NO5. The van der Waals surface area contributed by atoms with Crippen LogP contribution >= 0.6 is 0 Å². The minimum Gasteiger partial charge on any atom is -0.493 e. The van der Waals surface area contributed by atoms with Gasteiger partial charge in [-0.05, 0) is 42.3 Å². The Labute approximate surface area is 165 Å². The van der Waals surface area contributed by atoms with Gasteiger partial charge in [-0.2, -0.15) is 0 Å². The first-order valence-corrected chi connectivity index (χ1v) is 9.69. The molecule has 0 spiro atoms. The maximum atomic E-state index is 12.5. The molecule has 150 valence electrons. The minimum atomic E-state index is -0.175. The lowest BCUT2D eigenvalue weighted by Crippen LogP contribution is -2.22. The quantitative estimate of drug-likeness (QED) is 0.617. The van der Waals surface area contributed by atoms with Crippen LogP contribution in [-0.4, -0.2) is 26.4 Å². The average molecular weight is 385 g/mol. The van der Waals surface area contributed by atoms with Gasteiger partial charge in [0.1, 0.15) is 0 Å². The summed E-state index contributed by atoms with van der Waals surface area (Å²) >= 11 is 0. The lowest BCUT2D eigenvalue weighted by molar-refractivity contribution is 0.0950. The number of hydrogen-bond acceptors (Lipinski definition) is 5. The fourth-order valence-electron chi connectivity index (χ4n) is 2.97. The highest BCUT2D eigenvalue weighted by Crippen LogP contribution is 2.32. The molecule has 28 heavy (non-hydrogen) atoms. The van der Waals surface area contributed by atoms with Gasteiger partial charge < -0.3 is 24.3 Å². The van der Waals surface area contributed by atoms with E-state index in [9.17, 15) is 4.79 Å². The van der Waals surface area contributed by atoms with Crippen LogP contribution in [0, 0.1) is 0 Å². The van der Waals surface area contributed by atoms with E-state index >= 15 is 0 Å². The van der Waals surface area contributed by atoms with E-state index in [1.807, 2.05) is 18.2 Å². The largest absolute Gasteiger partial charge is 0.493 e. The molecule has 1 N–H and O–H groups in total. The van der Waals surface area contributed by atoms with Gasteiger partial charge in [0.15, 0.2) is 23.0 Å². The summed E-state index contributed by atoms with van der Waals surface area (Å²) in [5.74, 6) is 2.47. The van der Waals surface area contributed by atoms with Crippen LogP contribution in [0.5, 0.6) is 23.0 Å². The van der Waals surface area contributed by atoms with E-state index in [1.165, 1.54) is 12.8 Å². The van der Waals surface area contributed by atoms with Crippen LogP contribution in [0.25, 0.3) is 0 Å². The Morgan fingerprint density at radius 2 is 1.89 bits per heavy atom. The zero-order chi connectivity index (χ0) is 19.8. The number of hydrogen-bond donors (Lipinski definition) is 1. The number of amides is 1. The van der Waals surface area contributed by atoms with Crippen molar-refractivity contribution in [1.29, 1.82) is 0 Å². The summed E-state index contributed by atoms with van der Waals surface area (Å²) < 4.78 is 21.9. The van der Waals surface area contributed by atoms with Crippen LogP contribution < -0.4 is 24.3 Å². The van der Waals surface area contributed by atoms with Crippen molar-refractivity contribution in [3.8, 4) is 23.0 Å². The molecule has 2 aromatic carbocycles. The molecular weight excluding hydrogens is 358 g/mol. The molecule has 0 fully saturated rings. The highest BCUT2D eigenvalue weighted by molar-refractivity contribution is 5.94. The molecule has 1 aliphatic heterocycles. The van der Waals surface area contributed by atoms with Crippen LogP contribution in [0.4, 0.5) is 0 Å². The number of benzene rings is 2. The van der Waals surface area contributed by atoms with Gasteiger partial charge in [0.2, 0.25) is 6.79 Å². The zero-order valence-corrected chi connectivity index (χ0v) is 16.5. The maximum Gasteiger partial charge on any atom is 0.251 e. The summed E-state index contributed by atoms with van der Waals surface area (Å²) in [5.41, 5.74) is 1.47. The van der Waals surface area contributed by atoms with Crippen molar-refractivity contribution in [1.82, 2.24) is 5.32 Å². The molecule has 1 aliphatic rings. The predicted molar refractivity (Wildman–Crippen MR) is 106 cm³/mol. The van der Waals surface area contributed by atoms with E-state index in [-0.39, 0.29) is 12.7 Å². The zero-order valence-electron chi connectivity index (χ0n) is 16.5. The molecule has 0 unspecified atom stereocenters. The van der Waals surface area contributed by atoms with Crippen LogP contribution in [0.15, 0.2) is 36.4 Å². The van der Waals surface area contributed by atoms with Crippen LogP contribution in [0.3, 0.4) is 0 Å². The third kappa shape index (κ3) is 5.09. The maximum absolute atomic E-state index is 12.5. The Morgan fingerprint density at radius 3 is 2.71 bits per heavy atom. The summed E-state index contributed by atoms with van der Waals surface area (Å²) in [6.07, 6.45) is 4.57. The van der Waals surface area contributed by atoms with E-state index < -0.39 is 0 Å². The average Bonchev–Trinajstić information content (AvgIpc) is 3.19. The summed E-state index contributed by atoms with van der Waals surface area (Å²) in [7, 11) is 1.58. The second-order valence-electron chi connectivity index (χ2n) is 6.65. The monoisotopic (exact) mass is 385 g/mol. The molecule has 1 heterocycles. The topological polar surface area (TPSA) is 66.0 Å². The van der Waals surface area contributed by atoms with Gasteiger partial charge in [-0.25, -0.2) is 0 Å². The minimum absolute atomic E-state index is 0.175. The van der Waals surface area contributed by atoms with E-state index in [0.717, 1.165) is 24.2 Å². The highest BCUT2D eigenvalue weighted by Gasteiger charge is 2.14. The van der Waals surface area contributed by atoms with Gasteiger partial charge >= 0.3 is 0 Å². The Hall–Kier alpha value is -2.89. The lowest BCUT2D eigenvalue weighted by Gasteiger charge is -2.12. The lowest BCUT2D eigenvalue weighted by atomic mass is 10.1. The summed E-state index contributed by atoms with van der Waals surface area (Å²) in [6, 6.07) is 10.9. The molecule has 0 bridgehead atoms. The van der Waals surface area contributed by atoms with Crippen molar-refractivity contribution in [2.45, 2.75) is 39.2 Å². The van der Waals surface area contributed by atoms with Gasteiger partial charge in [-0.15, -0.1) is 0 Å².